The number of nitrogens with zero attached hydrogens (tertiary/aromatic N) is 5. The number of amides is 3. The number of carbonyl (C=O) groups excluding carboxylic acids is 3. The SMILES string of the molecule is CCN1C(=O)CC(CC(=O)N2CCN(c3nonc3C)CC2)(c2ccccc2C)C1=O. The maximum atomic E-state index is 13.4. The Kier molecular flexibility index (Phi) is 5.51. The van der Waals surface area contributed by atoms with E-state index >= 15 is 0 Å². The standard InChI is InChI=1S/C22H27N5O4/c1-4-27-19(29)14-22(21(27)30,17-8-6-5-7-15(17)2)13-18(28)25-9-11-26(12-10-25)20-16(3)23-31-24-20/h5-8H,4,9-14H2,1-3H3. The molecule has 0 bridgehead atoms. The monoisotopic (exact) mass is 425 g/mol. The van der Waals surface area contributed by atoms with Crippen LogP contribution in [0.5, 0.6) is 0 Å². The number of likely N-dealkylation sites (tertiary alicyclic amines) is 1. The van der Waals surface area contributed by atoms with Crippen molar-refractivity contribution in [3.8, 4) is 0 Å². The quantitative estimate of drug-likeness (QED) is 0.668. The third-order valence-electron chi connectivity index (χ3n) is 6.40. The lowest BCUT2D eigenvalue weighted by Gasteiger charge is -2.37. The van der Waals surface area contributed by atoms with Crippen LogP contribution in [0.3, 0.4) is 0 Å². The maximum absolute atomic E-state index is 13.4. The first-order valence-electron chi connectivity index (χ1n) is 10.6. The summed E-state index contributed by atoms with van der Waals surface area (Å²) < 4.78 is 4.78. The van der Waals surface area contributed by atoms with Gasteiger partial charge in [-0.15, -0.1) is 0 Å². The molecule has 0 radical (unpaired) electrons. The van der Waals surface area contributed by atoms with E-state index in [4.69, 9.17) is 4.63 Å². The van der Waals surface area contributed by atoms with Crippen LogP contribution in [0.4, 0.5) is 5.82 Å². The molecular formula is C22H27N5O4. The van der Waals surface area contributed by atoms with Crippen LogP contribution in [0, 0.1) is 13.8 Å². The van der Waals surface area contributed by atoms with Gasteiger partial charge in [-0.25, -0.2) is 4.63 Å². The molecule has 1 atom stereocenters. The molecular weight excluding hydrogens is 398 g/mol. The topological polar surface area (TPSA) is 99.9 Å². The van der Waals surface area contributed by atoms with Gasteiger partial charge in [0, 0.05) is 45.6 Å². The van der Waals surface area contributed by atoms with E-state index < -0.39 is 5.41 Å². The summed E-state index contributed by atoms with van der Waals surface area (Å²) in [6.45, 7) is 8.06. The Morgan fingerprint density at radius 1 is 1.10 bits per heavy atom. The lowest BCUT2D eigenvalue weighted by molar-refractivity contribution is -0.142. The van der Waals surface area contributed by atoms with Gasteiger partial charge in [0.15, 0.2) is 5.82 Å². The Bertz CT molecular complexity index is 1010. The fourth-order valence-electron chi connectivity index (χ4n) is 4.73. The van der Waals surface area contributed by atoms with Crippen molar-refractivity contribution in [2.24, 2.45) is 0 Å². The van der Waals surface area contributed by atoms with E-state index in [1.807, 2.05) is 43.0 Å². The van der Waals surface area contributed by atoms with Crippen molar-refractivity contribution in [3.63, 3.8) is 0 Å². The number of aromatic nitrogens is 2. The zero-order valence-corrected chi connectivity index (χ0v) is 18.1. The zero-order valence-electron chi connectivity index (χ0n) is 18.1. The molecule has 0 aliphatic carbocycles. The van der Waals surface area contributed by atoms with Crippen molar-refractivity contribution >= 4 is 23.5 Å². The van der Waals surface area contributed by atoms with Gasteiger partial charge in [0.1, 0.15) is 5.69 Å². The average molecular weight is 425 g/mol. The van der Waals surface area contributed by atoms with Crippen molar-refractivity contribution in [2.45, 2.75) is 39.0 Å². The number of aryl methyl sites for hydroxylation is 2. The van der Waals surface area contributed by atoms with Gasteiger partial charge in [-0.2, -0.15) is 0 Å². The summed E-state index contributed by atoms with van der Waals surface area (Å²) in [5.41, 5.74) is 1.25. The average Bonchev–Trinajstić information content (AvgIpc) is 3.29. The first-order chi connectivity index (χ1) is 14.9. The number of anilines is 1. The van der Waals surface area contributed by atoms with Crippen molar-refractivity contribution in [1.29, 1.82) is 0 Å². The van der Waals surface area contributed by atoms with Crippen molar-refractivity contribution in [1.82, 2.24) is 20.1 Å². The first kappa shape index (κ1) is 21.0. The van der Waals surface area contributed by atoms with Crippen LogP contribution in [0.15, 0.2) is 28.9 Å². The summed E-state index contributed by atoms with van der Waals surface area (Å²) in [4.78, 5) is 44.4. The van der Waals surface area contributed by atoms with Gasteiger partial charge in [0.05, 0.1) is 5.41 Å². The molecule has 2 aliphatic rings. The van der Waals surface area contributed by atoms with Crippen LogP contribution < -0.4 is 4.90 Å². The predicted molar refractivity (Wildman–Crippen MR) is 112 cm³/mol. The molecule has 3 amide bonds. The molecule has 1 aromatic heterocycles. The van der Waals surface area contributed by atoms with Crippen LogP contribution in [-0.4, -0.2) is 70.6 Å². The Balaban J connectivity index is 1.55. The first-order valence-corrected chi connectivity index (χ1v) is 10.6. The number of imide groups is 1. The van der Waals surface area contributed by atoms with Crippen LogP contribution >= 0.6 is 0 Å². The van der Waals surface area contributed by atoms with Gasteiger partial charge in [0.2, 0.25) is 17.7 Å². The van der Waals surface area contributed by atoms with E-state index in [9.17, 15) is 14.4 Å². The number of likely N-dealkylation sites (N-methyl/N-ethyl adjacent to an activating group) is 1. The number of rotatable bonds is 5. The number of piperazine rings is 1. The number of hydrogen-bond donors (Lipinski definition) is 0. The van der Waals surface area contributed by atoms with E-state index in [-0.39, 0.29) is 30.6 Å². The highest BCUT2D eigenvalue weighted by Crippen LogP contribution is 2.41. The van der Waals surface area contributed by atoms with Gasteiger partial charge in [-0.3, -0.25) is 19.3 Å². The van der Waals surface area contributed by atoms with Gasteiger partial charge < -0.3 is 9.80 Å². The second-order valence-corrected chi connectivity index (χ2v) is 8.23. The Labute approximate surface area is 180 Å². The summed E-state index contributed by atoms with van der Waals surface area (Å²) in [5, 5.41) is 7.75. The molecule has 9 heteroatoms. The van der Waals surface area contributed by atoms with Crippen LogP contribution in [0.1, 0.15) is 36.6 Å². The third kappa shape index (κ3) is 3.58. The summed E-state index contributed by atoms with van der Waals surface area (Å²) in [6, 6.07) is 7.54. The molecule has 2 aromatic rings. The highest BCUT2D eigenvalue weighted by molar-refractivity contribution is 6.10. The van der Waals surface area contributed by atoms with E-state index in [1.54, 1.807) is 11.8 Å². The minimum Gasteiger partial charge on any atom is -0.349 e. The zero-order chi connectivity index (χ0) is 22.2. The molecule has 31 heavy (non-hydrogen) atoms. The third-order valence-corrected chi connectivity index (χ3v) is 6.40. The van der Waals surface area contributed by atoms with E-state index in [0.29, 0.717) is 44.2 Å². The molecule has 164 valence electrons. The van der Waals surface area contributed by atoms with Crippen LogP contribution in [0.2, 0.25) is 0 Å². The lowest BCUT2D eigenvalue weighted by Crippen LogP contribution is -2.51. The fraction of sp³-hybridized carbons (Fsp3) is 0.500. The Hall–Kier alpha value is -3.23. The summed E-state index contributed by atoms with van der Waals surface area (Å²) in [7, 11) is 0. The second-order valence-electron chi connectivity index (χ2n) is 8.23. The van der Waals surface area contributed by atoms with Gasteiger partial charge >= 0.3 is 0 Å². The molecule has 0 N–H and O–H groups in total. The number of carbonyl (C=O) groups is 3. The largest absolute Gasteiger partial charge is 0.349 e. The Morgan fingerprint density at radius 2 is 1.81 bits per heavy atom. The van der Waals surface area contributed by atoms with Crippen molar-refractivity contribution in [3.05, 3.63) is 41.1 Å². The molecule has 1 unspecified atom stereocenters. The minimum atomic E-state index is -1.14. The summed E-state index contributed by atoms with van der Waals surface area (Å²) >= 11 is 0. The van der Waals surface area contributed by atoms with E-state index in [2.05, 4.69) is 10.3 Å². The summed E-state index contributed by atoms with van der Waals surface area (Å²) in [6.07, 6.45) is 0.0174. The normalized spacial score (nSPS) is 21.8. The lowest BCUT2D eigenvalue weighted by atomic mass is 9.74. The molecule has 2 aliphatic heterocycles. The fourth-order valence-corrected chi connectivity index (χ4v) is 4.73. The maximum Gasteiger partial charge on any atom is 0.240 e. The van der Waals surface area contributed by atoms with E-state index in [1.165, 1.54) is 4.90 Å². The molecule has 1 aromatic carbocycles. The van der Waals surface area contributed by atoms with E-state index in [0.717, 1.165) is 11.1 Å². The molecule has 4 rings (SSSR count). The summed E-state index contributed by atoms with van der Waals surface area (Å²) in [5.74, 6) is 0.0867. The number of benzene rings is 1. The van der Waals surface area contributed by atoms with Gasteiger partial charge in [0.25, 0.3) is 0 Å². The second kappa shape index (κ2) is 8.13. The molecule has 3 heterocycles. The van der Waals surface area contributed by atoms with Crippen LogP contribution in [0.25, 0.3) is 0 Å². The van der Waals surface area contributed by atoms with Crippen LogP contribution in [-0.2, 0) is 19.8 Å². The van der Waals surface area contributed by atoms with Gasteiger partial charge in [-0.05, 0) is 37.1 Å². The molecule has 2 fully saturated rings. The van der Waals surface area contributed by atoms with Gasteiger partial charge in [-0.1, -0.05) is 29.4 Å². The highest BCUT2D eigenvalue weighted by atomic mass is 16.6. The minimum absolute atomic E-state index is 0.0104. The Morgan fingerprint density at radius 3 is 2.39 bits per heavy atom. The molecule has 0 spiro atoms. The molecule has 2 saturated heterocycles. The number of hydrogen-bond acceptors (Lipinski definition) is 7. The van der Waals surface area contributed by atoms with Crippen molar-refractivity contribution in [2.75, 3.05) is 37.6 Å². The molecule has 0 saturated carbocycles. The predicted octanol–water partition coefficient (Wildman–Crippen LogP) is 1.44. The smallest absolute Gasteiger partial charge is 0.240 e. The highest BCUT2D eigenvalue weighted by Gasteiger charge is 2.54. The molecule has 9 nitrogen and oxygen atoms in total. The van der Waals surface area contributed by atoms with Crippen molar-refractivity contribution < 1.29 is 19.0 Å².